The second kappa shape index (κ2) is 29.3. The highest BCUT2D eigenvalue weighted by Gasteiger charge is 2.63. The summed E-state index contributed by atoms with van der Waals surface area (Å²) < 4.78 is 64.0. The maximum Gasteiger partial charge on any atom is 0.344 e. The molecule has 0 aromatic heterocycles. The third-order valence-corrected chi connectivity index (χ3v) is 33.6. The van der Waals surface area contributed by atoms with Crippen molar-refractivity contribution < 1.29 is 57.0 Å². The first-order valence-electron chi connectivity index (χ1n) is 36.7. The fourth-order valence-electron chi connectivity index (χ4n) is 22.0. The van der Waals surface area contributed by atoms with Crippen LogP contribution in [0.3, 0.4) is 0 Å². The lowest BCUT2D eigenvalue weighted by molar-refractivity contribution is -0.226. The van der Waals surface area contributed by atoms with Crippen molar-refractivity contribution >= 4 is 164 Å². The first-order valence-corrected chi connectivity index (χ1v) is 44.5. The summed E-state index contributed by atoms with van der Waals surface area (Å²) in [5.74, 6) is 12.0. The van der Waals surface area contributed by atoms with Gasteiger partial charge < -0.3 is 42.6 Å². The maximum absolute atomic E-state index is 13.8. The van der Waals surface area contributed by atoms with Crippen LogP contribution in [0.25, 0.3) is 11.1 Å². The van der Waals surface area contributed by atoms with Gasteiger partial charge in [0.2, 0.25) is 0 Å². The van der Waals surface area contributed by atoms with E-state index in [2.05, 4.69) is 231 Å². The molecule has 101 heavy (non-hydrogen) atoms. The summed E-state index contributed by atoms with van der Waals surface area (Å²) >= 11 is 13.9. The van der Waals surface area contributed by atoms with E-state index in [0.717, 1.165) is 97.1 Å². The Hall–Kier alpha value is -2.74. The van der Waals surface area contributed by atoms with Gasteiger partial charge in [0, 0.05) is 28.1 Å². The Kier molecular flexibility index (Phi) is 21.0. The molecule has 6 aromatic carbocycles. The predicted molar refractivity (Wildman–Crippen MR) is 441 cm³/mol. The van der Waals surface area contributed by atoms with Crippen LogP contribution in [0.2, 0.25) is 0 Å². The van der Waals surface area contributed by atoms with Crippen molar-refractivity contribution in [2.45, 2.75) is 182 Å². The molecular formula is C82H88I6O12S. The topological polar surface area (TPSA) is 134 Å². The Labute approximate surface area is 679 Å². The van der Waals surface area contributed by atoms with Gasteiger partial charge in [-0.3, -0.25) is 0 Å². The van der Waals surface area contributed by atoms with Gasteiger partial charge in [-0.1, -0.05) is 34.6 Å². The summed E-state index contributed by atoms with van der Waals surface area (Å²) in [5, 5.41) is 0. The normalized spacial score (nSPS) is 31.2. The van der Waals surface area contributed by atoms with Gasteiger partial charge in [-0.15, -0.1) is 0 Å². The van der Waals surface area contributed by atoms with Gasteiger partial charge in [0.25, 0.3) is 0 Å². The van der Waals surface area contributed by atoms with E-state index >= 15 is 0 Å². The minimum absolute atomic E-state index is 0.117. The molecule has 0 N–H and O–H groups in total. The first kappa shape index (κ1) is 72.5. The average Bonchev–Trinajstić information content (AvgIpc) is 1.59. The van der Waals surface area contributed by atoms with E-state index < -0.39 is 22.1 Å². The van der Waals surface area contributed by atoms with E-state index in [9.17, 15) is 14.4 Å². The standard InChI is InChI=1S/C82H88I6O12S/c1-6-80(53-18-45-15-46(20-53)21-54(80)19-45)98-77(89)40-94-71-34-65(83)51(30-67(71)85)38-92-60-9-13-75-63(32-60)64-33-61(93-39-52-31-68(86)72(35-66(52)84)95-41-78(90)99-81(43(2)3)55-22-47-16-48(24-55)25-56(81)23-47)10-14-76(64)101(75)62-11-7-59(8-12-62)97-74-37-69(87)73(36-70(74)88)96-42-79(91)100-82(44(4)5)57-26-49-17-50(28-57)29-58(82)27-49/h7-14,30-37,43-50,53-58,101H,6,15-29,38-42H2,1-5H3. The van der Waals surface area contributed by atoms with Crippen LogP contribution in [0, 0.1) is 104 Å². The molecule has 6 aromatic rings. The SMILES string of the molecule is CCC1(OC(=O)COc2cc(I)c(COc3ccc4c(c3)-c3cc(OCc5cc(I)c(OCC(=O)OC6(C(C)C)C7CC8CC(C7)CC6C8)cc5I)ccc3[SH]4c3ccc(Oc4cc(I)c(OCC(=O)OC5(C(C)C)C6CC7CC(C6)CC5C7)cc4I)cc3)cc2I)C2CC3CC(C2)CC1C3. The second-order valence-corrected chi connectivity index (χ2v) is 41.0. The molecule has 12 aliphatic carbocycles. The number of carbonyl (C=O) groups is 3. The summed E-state index contributed by atoms with van der Waals surface area (Å²) in [6.45, 7) is 11.4. The zero-order valence-corrected chi connectivity index (χ0v) is 71.6. The Balaban J connectivity index is 0.602. The van der Waals surface area contributed by atoms with Crippen molar-refractivity contribution in [1.82, 2.24) is 0 Å². The van der Waals surface area contributed by atoms with Crippen LogP contribution in [-0.2, 0) is 41.8 Å². The van der Waals surface area contributed by atoms with E-state index in [1.165, 1.54) is 111 Å². The Morgan fingerprint density at radius 3 is 1.12 bits per heavy atom. The van der Waals surface area contributed by atoms with Crippen LogP contribution in [0.15, 0.2) is 112 Å². The lowest BCUT2D eigenvalue weighted by Gasteiger charge is -2.61. The highest BCUT2D eigenvalue weighted by atomic mass is 127. The molecule has 0 spiro atoms. The van der Waals surface area contributed by atoms with Gasteiger partial charge >= 0.3 is 17.9 Å². The second-order valence-electron chi connectivity index (χ2n) is 31.9. The maximum atomic E-state index is 13.8. The van der Waals surface area contributed by atoms with Gasteiger partial charge in [0.1, 0.15) is 70.3 Å². The minimum Gasteiger partial charge on any atom is -0.489 e. The molecule has 19 heteroatoms. The van der Waals surface area contributed by atoms with Crippen molar-refractivity contribution in [3.05, 3.63) is 130 Å². The molecule has 1 atom stereocenters. The van der Waals surface area contributed by atoms with Crippen LogP contribution in [0.1, 0.15) is 148 Å². The van der Waals surface area contributed by atoms with Crippen LogP contribution >= 0.6 is 146 Å². The predicted octanol–water partition coefficient (Wildman–Crippen LogP) is 21.8. The monoisotopic (exact) mass is 2060 g/mol. The number of carbonyl (C=O) groups excluding carboxylic acids is 3. The van der Waals surface area contributed by atoms with Crippen molar-refractivity contribution in [3.8, 4) is 51.4 Å². The fourth-order valence-corrected chi connectivity index (χ4v) is 28.3. The Morgan fingerprint density at radius 2 is 0.733 bits per heavy atom. The van der Waals surface area contributed by atoms with Crippen LogP contribution < -0.4 is 28.4 Å². The van der Waals surface area contributed by atoms with Crippen molar-refractivity contribution in [2.24, 2.45) is 82.9 Å². The summed E-state index contributed by atoms with van der Waals surface area (Å²) in [7, 11) is -1.01. The van der Waals surface area contributed by atoms with Gasteiger partial charge in [-0.25, -0.2) is 14.4 Å². The molecule has 536 valence electrons. The highest BCUT2D eigenvalue weighted by Crippen LogP contribution is 2.66. The van der Waals surface area contributed by atoms with Crippen LogP contribution in [0.4, 0.5) is 0 Å². The fraction of sp³-hybridized carbons (Fsp3) is 0.524. The molecule has 1 unspecified atom stereocenters. The quantitative estimate of drug-likeness (QED) is 0.0267. The zero-order valence-electron chi connectivity index (χ0n) is 57.8. The number of rotatable bonds is 24. The molecule has 1 heterocycles. The molecule has 0 radical (unpaired) electrons. The minimum atomic E-state index is -1.01. The van der Waals surface area contributed by atoms with E-state index in [0.29, 0.717) is 77.5 Å². The number of hydrogen-bond acceptors (Lipinski definition) is 12. The molecule has 13 aliphatic rings. The van der Waals surface area contributed by atoms with E-state index in [1.807, 2.05) is 36.4 Å². The molecular weight excluding hydrogens is 1970 g/mol. The number of fused-ring (bicyclic) bond motifs is 3. The summed E-state index contributed by atoms with van der Waals surface area (Å²) in [4.78, 5) is 44.7. The third-order valence-electron chi connectivity index (χ3n) is 25.6. The number of ether oxygens (including phenoxy) is 9. The van der Waals surface area contributed by atoms with Crippen LogP contribution in [0.5, 0.6) is 40.2 Å². The summed E-state index contributed by atoms with van der Waals surface area (Å²) in [5.41, 5.74) is 3.05. The van der Waals surface area contributed by atoms with Gasteiger partial charge in [-0.05, 0) is 434 Å². The van der Waals surface area contributed by atoms with E-state index in [-0.39, 0.29) is 55.2 Å². The van der Waals surface area contributed by atoms with Crippen molar-refractivity contribution in [2.75, 3.05) is 19.8 Å². The zero-order chi connectivity index (χ0) is 70.0. The largest absolute Gasteiger partial charge is 0.489 e. The van der Waals surface area contributed by atoms with Crippen LogP contribution in [-0.4, -0.2) is 54.5 Å². The Bertz CT molecular complexity index is 4130. The third kappa shape index (κ3) is 13.9. The van der Waals surface area contributed by atoms with E-state index in [1.54, 1.807) is 0 Å². The van der Waals surface area contributed by atoms with E-state index in [4.69, 9.17) is 42.6 Å². The van der Waals surface area contributed by atoms with Crippen molar-refractivity contribution in [1.29, 1.82) is 0 Å². The molecule has 12 fully saturated rings. The van der Waals surface area contributed by atoms with Crippen molar-refractivity contribution in [3.63, 3.8) is 0 Å². The number of esters is 3. The number of hydrogen-bond donors (Lipinski definition) is 1. The summed E-state index contributed by atoms with van der Waals surface area (Å²) in [6.07, 6.45) is 19.1. The number of thiol groups is 1. The van der Waals surface area contributed by atoms with Gasteiger partial charge in [-0.2, -0.15) is 10.9 Å². The lowest BCUT2D eigenvalue weighted by atomic mass is 9.47. The lowest BCUT2D eigenvalue weighted by Crippen LogP contribution is -2.62. The molecule has 0 amide bonds. The Morgan fingerprint density at radius 1 is 0.396 bits per heavy atom. The molecule has 12 bridgehead atoms. The molecule has 19 rings (SSSR count). The first-order chi connectivity index (χ1) is 48.6. The molecule has 12 saturated carbocycles. The molecule has 12 nitrogen and oxygen atoms in total. The highest BCUT2D eigenvalue weighted by molar-refractivity contribution is 14.1. The number of benzene rings is 6. The number of halogens is 6. The smallest absolute Gasteiger partial charge is 0.344 e. The molecule has 1 aliphatic heterocycles. The van der Waals surface area contributed by atoms with Gasteiger partial charge in [0.05, 0.1) is 14.3 Å². The van der Waals surface area contributed by atoms with Gasteiger partial charge in [0.15, 0.2) is 19.8 Å². The molecule has 0 saturated heterocycles. The average molecular weight is 2060 g/mol. The summed E-state index contributed by atoms with van der Waals surface area (Å²) in [6, 6.07) is 33.5.